The summed E-state index contributed by atoms with van der Waals surface area (Å²) >= 11 is 1.60. The standard InChI is InChI=1S/C17H15N5OS/c1-10-7-15(11(2)24-10)17(23)21-13-3-5-14(6-4-13)22-16(19)12(8-18)9-20-22/h3-7,9H,19H2,1-2H3,(H,21,23). The summed E-state index contributed by atoms with van der Waals surface area (Å²) in [5.41, 5.74) is 8.29. The highest BCUT2D eigenvalue weighted by Gasteiger charge is 2.13. The predicted molar refractivity (Wildman–Crippen MR) is 94.4 cm³/mol. The van der Waals surface area contributed by atoms with Crippen molar-refractivity contribution >= 4 is 28.7 Å². The number of benzene rings is 1. The van der Waals surface area contributed by atoms with Crippen LogP contribution in [-0.4, -0.2) is 15.7 Å². The molecule has 0 atom stereocenters. The van der Waals surface area contributed by atoms with Gasteiger partial charge in [0.05, 0.1) is 17.4 Å². The highest BCUT2D eigenvalue weighted by atomic mass is 32.1. The summed E-state index contributed by atoms with van der Waals surface area (Å²) < 4.78 is 1.48. The Labute approximate surface area is 143 Å². The molecule has 0 aliphatic carbocycles. The molecule has 3 aromatic rings. The van der Waals surface area contributed by atoms with E-state index in [4.69, 9.17) is 11.0 Å². The van der Waals surface area contributed by atoms with Crippen molar-refractivity contribution in [3.05, 3.63) is 57.4 Å². The van der Waals surface area contributed by atoms with Gasteiger partial charge in [-0.05, 0) is 44.2 Å². The van der Waals surface area contributed by atoms with Gasteiger partial charge in [0.1, 0.15) is 17.5 Å². The number of amides is 1. The molecule has 3 rings (SSSR count). The van der Waals surface area contributed by atoms with Gasteiger partial charge in [-0.3, -0.25) is 4.79 Å². The van der Waals surface area contributed by atoms with E-state index in [1.807, 2.05) is 26.0 Å². The highest BCUT2D eigenvalue weighted by molar-refractivity contribution is 7.12. The van der Waals surface area contributed by atoms with Crippen LogP contribution in [0.15, 0.2) is 36.5 Å². The number of nitriles is 1. The van der Waals surface area contributed by atoms with Crippen LogP contribution >= 0.6 is 11.3 Å². The number of carbonyl (C=O) groups excluding carboxylic acids is 1. The minimum absolute atomic E-state index is 0.130. The lowest BCUT2D eigenvalue weighted by Crippen LogP contribution is -2.12. The van der Waals surface area contributed by atoms with Crippen molar-refractivity contribution in [2.45, 2.75) is 13.8 Å². The molecule has 1 amide bonds. The molecule has 0 saturated carbocycles. The Bertz CT molecular complexity index is 947. The monoisotopic (exact) mass is 337 g/mol. The van der Waals surface area contributed by atoms with E-state index in [1.165, 1.54) is 10.9 Å². The topological polar surface area (TPSA) is 96.7 Å². The summed E-state index contributed by atoms with van der Waals surface area (Å²) in [7, 11) is 0. The van der Waals surface area contributed by atoms with Crippen LogP contribution in [0.25, 0.3) is 5.69 Å². The molecular formula is C17H15N5OS. The van der Waals surface area contributed by atoms with Crippen molar-refractivity contribution < 1.29 is 4.79 Å². The molecule has 3 N–H and O–H groups in total. The summed E-state index contributed by atoms with van der Waals surface area (Å²) in [6.07, 6.45) is 1.42. The average molecular weight is 337 g/mol. The number of nitrogens with one attached hydrogen (secondary N) is 1. The lowest BCUT2D eigenvalue weighted by molar-refractivity contribution is 0.102. The SMILES string of the molecule is Cc1cc(C(=O)Nc2ccc(-n3ncc(C#N)c3N)cc2)c(C)s1. The molecule has 1 aromatic carbocycles. The van der Waals surface area contributed by atoms with E-state index < -0.39 is 0 Å². The van der Waals surface area contributed by atoms with Crippen molar-refractivity contribution in [2.75, 3.05) is 11.1 Å². The maximum atomic E-state index is 12.3. The Morgan fingerprint density at radius 1 is 1.33 bits per heavy atom. The third-order valence-corrected chi connectivity index (χ3v) is 4.55. The first-order chi connectivity index (χ1) is 11.5. The molecule has 0 radical (unpaired) electrons. The van der Waals surface area contributed by atoms with Crippen molar-refractivity contribution in [2.24, 2.45) is 0 Å². The summed E-state index contributed by atoms with van der Waals surface area (Å²) in [5, 5.41) is 15.9. The molecule has 2 heterocycles. The molecule has 0 unspecified atom stereocenters. The first-order valence-electron chi connectivity index (χ1n) is 7.22. The number of aryl methyl sites for hydroxylation is 2. The second-order valence-electron chi connectivity index (χ2n) is 5.30. The average Bonchev–Trinajstić information content (AvgIpc) is 3.10. The molecule has 0 saturated heterocycles. The van der Waals surface area contributed by atoms with Gasteiger partial charge in [0.15, 0.2) is 0 Å². The van der Waals surface area contributed by atoms with Crippen molar-refractivity contribution in [1.29, 1.82) is 5.26 Å². The zero-order valence-corrected chi connectivity index (χ0v) is 14.0. The lowest BCUT2D eigenvalue weighted by Gasteiger charge is -2.07. The number of nitrogen functional groups attached to an aromatic ring is 1. The van der Waals surface area contributed by atoms with Crippen LogP contribution in [0, 0.1) is 25.2 Å². The number of anilines is 2. The largest absolute Gasteiger partial charge is 0.382 e. The fourth-order valence-corrected chi connectivity index (χ4v) is 3.31. The van der Waals surface area contributed by atoms with Crippen molar-refractivity contribution in [1.82, 2.24) is 9.78 Å². The lowest BCUT2D eigenvalue weighted by atomic mass is 10.2. The highest BCUT2D eigenvalue weighted by Crippen LogP contribution is 2.23. The van der Waals surface area contributed by atoms with Gasteiger partial charge < -0.3 is 11.1 Å². The van der Waals surface area contributed by atoms with E-state index in [1.54, 1.807) is 35.6 Å². The summed E-state index contributed by atoms with van der Waals surface area (Å²) in [6.45, 7) is 3.91. The normalized spacial score (nSPS) is 10.4. The number of rotatable bonds is 3. The Morgan fingerprint density at radius 3 is 2.58 bits per heavy atom. The van der Waals surface area contributed by atoms with Crippen molar-refractivity contribution in [3.8, 4) is 11.8 Å². The summed E-state index contributed by atoms with van der Waals surface area (Å²) in [4.78, 5) is 14.4. The molecule has 120 valence electrons. The first-order valence-corrected chi connectivity index (χ1v) is 8.03. The number of carbonyl (C=O) groups is 1. The zero-order valence-electron chi connectivity index (χ0n) is 13.2. The molecule has 7 heteroatoms. The summed E-state index contributed by atoms with van der Waals surface area (Å²) in [6, 6.07) is 11.0. The third-order valence-electron chi connectivity index (χ3n) is 3.58. The maximum absolute atomic E-state index is 12.3. The van der Waals surface area contributed by atoms with Crippen LogP contribution < -0.4 is 11.1 Å². The van der Waals surface area contributed by atoms with Gasteiger partial charge in [0, 0.05) is 15.4 Å². The molecule has 0 fully saturated rings. The molecule has 0 bridgehead atoms. The fourth-order valence-electron chi connectivity index (χ4n) is 2.39. The van der Waals surface area contributed by atoms with Gasteiger partial charge in [-0.1, -0.05) is 0 Å². The van der Waals surface area contributed by atoms with Gasteiger partial charge in [0.2, 0.25) is 0 Å². The van der Waals surface area contributed by atoms with Crippen molar-refractivity contribution in [3.63, 3.8) is 0 Å². The van der Waals surface area contributed by atoms with Gasteiger partial charge in [-0.2, -0.15) is 10.4 Å². The van der Waals surface area contributed by atoms with E-state index >= 15 is 0 Å². The van der Waals surface area contributed by atoms with Crippen LogP contribution in [0.4, 0.5) is 11.5 Å². The predicted octanol–water partition coefficient (Wildman–Crippen LogP) is 3.26. The number of aromatic nitrogens is 2. The number of hydrogen-bond donors (Lipinski definition) is 2. The molecule has 0 aliphatic heterocycles. The minimum Gasteiger partial charge on any atom is -0.382 e. The van der Waals surface area contributed by atoms with E-state index in [2.05, 4.69) is 10.4 Å². The smallest absolute Gasteiger partial charge is 0.256 e. The number of thiophene rings is 1. The molecule has 6 nitrogen and oxygen atoms in total. The Kier molecular flexibility index (Phi) is 4.06. The Hall–Kier alpha value is -3.11. The van der Waals surface area contributed by atoms with E-state index in [0.29, 0.717) is 22.6 Å². The molecule has 0 aliphatic rings. The number of nitrogens with zero attached hydrogens (tertiary/aromatic N) is 3. The number of hydrogen-bond acceptors (Lipinski definition) is 5. The zero-order chi connectivity index (χ0) is 17.3. The second-order valence-corrected chi connectivity index (χ2v) is 6.76. The summed E-state index contributed by atoms with van der Waals surface area (Å²) in [5.74, 6) is 0.161. The molecule has 0 spiro atoms. The van der Waals surface area contributed by atoms with Gasteiger partial charge in [-0.15, -0.1) is 11.3 Å². The van der Waals surface area contributed by atoms with Crippen LogP contribution in [-0.2, 0) is 0 Å². The van der Waals surface area contributed by atoms with E-state index in [-0.39, 0.29) is 5.91 Å². The fraction of sp³-hybridized carbons (Fsp3) is 0.118. The number of nitrogens with two attached hydrogens (primary N) is 1. The quantitative estimate of drug-likeness (QED) is 0.766. The van der Waals surface area contributed by atoms with Crippen LogP contribution in [0.5, 0.6) is 0 Å². The molecular weight excluding hydrogens is 322 g/mol. The maximum Gasteiger partial charge on any atom is 0.256 e. The van der Waals surface area contributed by atoms with Gasteiger partial charge in [-0.25, -0.2) is 4.68 Å². The first kappa shape index (κ1) is 15.8. The van der Waals surface area contributed by atoms with Crippen LogP contribution in [0.2, 0.25) is 0 Å². The third kappa shape index (κ3) is 2.87. The van der Waals surface area contributed by atoms with E-state index in [0.717, 1.165) is 15.4 Å². The van der Waals surface area contributed by atoms with Crippen LogP contribution in [0.3, 0.4) is 0 Å². The molecule has 2 aromatic heterocycles. The Morgan fingerprint density at radius 2 is 2.04 bits per heavy atom. The van der Waals surface area contributed by atoms with Gasteiger partial charge in [0.25, 0.3) is 5.91 Å². The minimum atomic E-state index is -0.130. The second kappa shape index (κ2) is 6.18. The van der Waals surface area contributed by atoms with Gasteiger partial charge >= 0.3 is 0 Å². The Balaban J connectivity index is 1.80. The van der Waals surface area contributed by atoms with Crippen LogP contribution in [0.1, 0.15) is 25.7 Å². The van der Waals surface area contributed by atoms with E-state index in [9.17, 15) is 4.79 Å². The molecule has 24 heavy (non-hydrogen) atoms.